The van der Waals surface area contributed by atoms with Crippen molar-refractivity contribution in [1.29, 1.82) is 0 Å². The van der Waals surface area contributed by atoms with Gasteiger partial charge in [0.15, 0.2) is 0 Å². The van der Waals surface area contributed by atoms with Crippen LogP contribution < -0.4 is 21.5 Å². The topological polar surface area (TPSA) is 114 Å². The first-order valence-electron chi connectivity index (χ1n) is 8.17. The second kappa shape index (κ2) is 7.03. The number of likely N-dealkylation sites (N-methyl/N-ethyl adjacent to an activating group) is 1. The lowest BCUT2D eigenvalue weighted by Gasteiger charge is -2.18. The van der Waals surface area contributed by atoms with Gasteiger partial charge in [0.25, 0.3) is 15.7 Å². The molecule has 10 heteroatoms. The Morgan fingerprint density at radius 3 is 2.46 bits per heavy atom. The average Bonchev–Trinajstić information content (AvgIpc) is 2.98. The summed E-state index contributed by atoms with van der Waals surface area (Å²) in [5, 5.41) is 3.11. The molecule has 0 radical (unpaired) electrons. The van der Waals surface area contributed by atoms with Crippen LogP contribution in [-0.2, 0) is 23.7 Å². The number of hydrogen-bond acceptors (Lipinski definition) is 6. The summed E-state index contributed by atoms with van der Waals surface area (Å²) in [5.41, 5.74) is 0.0402. The Bertz CT molecular complexity index is 1220. The van der Waals surface area contributed by atoms with E-state index in [-0.39, 0.29) is 11.4 Å². The van der Waals surface area contributed by atoms with Gasteiger partial charge in [-0.25, -0.2) is 9.36 Å². The van der Waals surface area contributed by atoms with Crippen molar-refractivity contribution in [3.8, 4) is 12.3 Å². The minimum Gasteiger partial charge on any atom is -0.346 e. The van der Waals surface area contributed by atoms with Crippen LogP contribution in [0.25, 0.3) is 6.08 Å². The summed E-state index contributed by atoms with van der Waals surface area (Å²) in [6, 6.07) is 5.66. The van der Waals surface area contributed by atoms with Crippen LogP contribution in [0.15, 0.2) is 44.8 Å². The van der Waals surface area contributed by atoms with Crippen LogP contribution in [0.2, 0.25) is 0 Å². The normalized spacial score (nSPS) is 16.1. The SMILES string of the molecule is C#CCn1c(=O)c2c(n(C)c1=O)NC(/C=C/c1ccc(S(=O)(=O)O)cc1)N2C. The number of nitrogens with zero attached hydrogens (tertiary/aromatic N) is 3. The molecular weight excluding hydrogens is 384 g/mol. The second-order valence-electron chi connectivity index (χ2n) is 6.24. The molecule has 0 spiro atoms. The molecule has 1 unspecified atom stereocenters. The fraction of sp³-hybridized carbons (Fsp3) is 0.222. The molecule has 28 heavy (non-hydrogen) atoms. The predicted molar refractivity (Wildman–Crippen MR) is 106 cm³/mol. The molecule has 1 aromatic carbocycles. The number of aromatic nitrogens is 2. The molecular formula is C18H18N4O5S. The van der Waals surface area contributed by atoms with Crippen LogP contribution in [-0.4, -0.2) is 35.3 Å². The summed E-state index contributed by atoms with van der Waals surface area (Å²) in [6.07, 6.45) is 8.34. The Balaban J connectivity index is 1.92. The van der Waals surface area contributed by atoms with Gasteiger partial charge in [-0.15, -0.1) is 6.42 Å². The Morgan fingerprint density at radius 2 is 1.89 bits per heavy atom. The highest BCUT2D eigenvalue weighted by Gasteiger charge is 2.30. The summed E-state index contributed by atoms with van der Waals surface area (Å²) in [6.45, 7) is -0.118. The molecule has 1 aromatic heterocycles. The van der Waals surface area contributed by atoms with E-state index in [9.17, 15) is 18.0 Å². The highest BCUT2D eigenvalue weighted by molar-refractivity contribution is 7.85. The summed E-state index contributed by atoms with van der Waals surface area (Å²) in [5.74, 6) is 2.70. The van der Waals surface area contributed by atoms with E-state index in [0.717, 1.165) is 4.57 Å². The summed E-state index contributed by atoms with van der Waals surface area (Å²) in [4.78, 5) is 26.5. The van der Waals surface area contributed by atoms with Crippen LogP contribution in [0.3, 0.4) is 0 Å². The van der Waals surface area contributed by atoms with Gasteiger partial charge in [-0.1, -0.05) is 24.1 Å². The maximum Gasteiger partial charge on any atom is 0.333 e. The standard InChI is InChI=1S/C18H18N4O5S/c1-4-11-22-17(23)15-16(21(3)18(22)24)19-14(20(15)2)10-7-12-5-8-13(9-6-12)28(25,26)27/h1,5-10,14,19H,11H2,2-3H3,(H,25,26,27)/b10-7+. The summed E-state index contributed by atoms with van der Waals surface area (Å²) < 4.78 is 33.5. The van der Waals surface area contributed by atoms with E-state index in [0.29, 0.717) is 17.1 Å². The third kappa shape index (κ3) is 3.33. The zero-order chi connectivity index (χ0) is 20.6. The lowest BCUT2D eigenvalue weighted by Crippen LogP contribution is -2.40. The van der Waals surface area contributed by atoms with Gasteiger partial charge in [0.05, 0.1) is 11.4 Å². The van der Waals surface area contributed by atoms with Gasteiger partial charge in [-0.3, -0.25) is 13.9 Å². The highest BCUT2D eigenvalue weighted by atomic mass is 32.2. The van der Waals surface area contributed by atoms with Crippen molar-refractivity contribution in [2.24, 2.45) is 7.05 Å². The van der Waals surface area contributed by atoms with E-state index in [1.807, 2.05) is 0 Å². The first-order chi connectivity index (χ1) is 13.1. The van der Waals surface area contributed by atoms with Crippen LogP contribution in [0.1, 0.15) is 5.56 Å². The molecule has 0 saturated heterocycles. The molecule has 0 saturated carbocycles. The number of terminal acetylenes is 1. The van der Waals surface area contributed by atoms with Gasteiger partial charge in [0.2, 0.25) is 0 Å². The fourth-order valence-corrected chi connectivity index (χ4v) is 3.45. The number of fused-ring (bicyclic) bond motifs is 1. The molecule has 0 aliphatic carbocycles. The van der Waals surface area contributed by atoms with Crippen molar-refractivity contribution in [2.75, 3.05) is 17.3 Å². The van der Waals surface area contributed by atoms with Crippen LogP contribution in [0, 0.1) is 12.3 Å². The molecule has 2 aromatic rings. The van der Waals surface area contributed by atoms with Gasteiger partial charge in [0, 0.05) is 14.1 Å². The van der Waals surface area contributed by atoms with Gasteiger partial charge in [-0.05, 0) is 23.8 Å². The first-order valence-corrected chi connectivity index (χ1v) is 9.61. The molecule has 2 heterocycles. The van der Waals surface area contributed by atoms with E-state index in [1.54, 1.807) is 31.1 Å². The predicted octanol–water partition coefficient (Wildman–Crippen LogP) is 0.328. The van der Waals surface area contributed by atoms with Crippen molar-refractivity contribution in [1.82, 2.24) is 9.13 Å². The molecule has 3 rings (SSSR count). The monoisotopic (exact) mass is 402 g/mol. The molecule has 1 aliphatic rings. The van der Waals surface area contributed by atoms with Gasteiger partial charge < -0.3 is 10.2 Å². The van der Waals surface area contributed by atoms with Crippen molar-refractivity contribution < 1.29 is 13.0 Å². The quantitative estimate of drug-likeness (QED) is 0.560. The Hall–Kier alpha value is -3.29. The third-order valence-corrected chi connectivity index (χ3v) is 5.35. The third-order valence-electron chi connectivity index (χ3n) is 4.48. The number of anilines is 2. The highest BCUT2D eigenvalue weighted by Crippen LogP contribution is 2.29. The Labute approximate surface area is 161 Å². The number of nitrogens with one attached hydrogen (secondary N) is 1. The zero-order valence-electron chi connectivity index (χ0n) is 15.2. The maximum atomic E-state index is 12.7. The van der Waals surface area contributed by atoms with E-state index < -0.39 is 27.5 Å². The number of benzene rings is 1. The molecule has 0 amide bonds. The lowest BCUT2D eigenvalue weighted by molar-refractivity contribution is 0.483. The molecule has 0 fully saturated rings. The molecule has 9 nitrogen and oxygen atoms in total. The molecule has 146 valence electrons. The number of hydrogen-bond donors (Lipinski definition) is 2. The first kappa shape index (κ1) is 19.5. The molecule has 2 N–H and O–H groups in total. The van der Waals surface area contributed by atoms with Gasteiger partial charge >= 0.3 is 5.69 Å². The Morgan fingerprint density at radius 1 is 1.25 bits per heavy atom. The zero-order valence-corrected chi connectivity index (χ0v) is 16.0. The van der Waals surface area contributed by atoms with Crippen molar-refractivity contribution >= 4 is 27.7 Å². The maximum absolute atomic E-state index is 12.7. The van der Waals surface area contributed by atoms with Gasteiger partial charge in [-0.2, -0.15) is 8.42 Å². The molecule has 0 bridgehead atoms. The van der Waals surface area contributed by atoms with E-state index >= 15 is 0 Å². The molecule has 1 aliphatic heterocycles. The minimum atomic E-state index is -4.25. The minimum absolute atomic E-state index is 0.118. The van der Waals surface area contributed by atoms with Crippen molar-refractivity contribution in [2.45, 2.75) is 17.6 Å². The average molecular weight is 402 g/mol. The fourth-order valence-electron chi connectivity index (χ4n) is 2.97. The molecule has 1 atom stereocenters. The smallest absolute Gasteiger partial charge is 0.333 e. The van der Waals surface area contributed by atoms with E-state index in [2.05, 4.69) is 11.2 Å². The number of rotatable bonds is 4. The van der Waals surface area contributed by atoms with Crippen molar-refractivity contribution in [3.05, 3.63) is 56.7 Å². The lowest BCUT2D eigenvalue weighted by atomic mass is 10.2. The van der Waals surface area contributed by atoms with E-state index in [4.69, 9.17) is 11.0 Å². The van der Waals surface area contributed by atoms with Crippen LogP contribution in [0.4, 0.5) is 11.5 Å². The van der Waals surface area contributed by atoms with Gasteiger partial charge in [0.1, 0.15) is 17.7 Å². The summed E-state index contributed by atoms with van der Waals surface area (Å²) in [7, 11) is -0.986. The van der Waals surface area contributed by atoms with Crippen LogP contribution in [0.5, 0.6) is 0 Å². The largest absolute Gasteiger partial charge is 0.346 e. The van der Waals surface area contributed by atoms with E-state index in [1.165, 1.54) is 28.8 Å². The Kier molecular flexibility index (Phi) is 4.89. The second-order valence-corrected chi connectivity index (χ2v) is 7.66. The van der Waals surface area contributed by atoms with Crippen molar-refractivity contribution in [3.63, 3.8) is 0 Å². The summed E-state index contributed by atoms with van der Waals surface area (Å²) >= 11 is 0. The van der Waals surface area contributed by atoms with Crippen LogP contribution >= 0.6 is 0 Å².